The van der Waals surface area contributed by atoms with Gasteiger partial charge in [-0.05, 0) is 13.0 Å². The fourth-order valence-corrected chi connectivity index (χ4v) is 1.65. The summed E-state index contributed by atoms with van der Waals surface area (Å²) in [6.07, 6.45) is -0.157. The van der Waals surface area contributed by atoms with Gasteiger partial charge in [-0.3, -0.25) is 14.0 Å². The van der Waals surface area contributed by atoms with E-state index in [1.807, 2.05) is 0 Å². The second-order valence-corrected chi connectivity index (χ2v) is 3.35. The molecule has 0 aliphatic heterocycles. The minimum atomic E-state index is -0.949. The van der Waals surface area contributed by atoms with Crippen molar-refractivity contribution < 1.29 is 9.90 Å². The zero-order valence-electron chi connectivity index (χ0n) is 8.15. The lowest BCUT2D eigenvalue weighted by molar-refractivity contribution is -0.136. The molecule has 0 fully saturated rings. The summed E-state index contributed by atoms with van der Waals surface area (Å²) < 4.78 is 1.39. The van der Waals surface area contributed by atoms with Crippen LogP contribution in [0.2, 0.25) is 0 Å². The fraction of sp³-hybridized carbons (Fsp3) is 0.200. The zero-order valence-corrected chi connectivity index (χ0v) is 8.15. The summed E-state index contributed by atoms with van der Waals surface area (Å²) in [5.74, 6) is -0.949. The quantitative estimate of drug-likeness (QED) is 0.754. The third kappa shape index (κ3) is 1.52. The number of aromatic amines is 1. The van der Waals surface area contributed by atoms with E-state index in [9.17, 15) is 9.59 Å². The average Bonchev–Trinajstić information content (AvgIpc) is 2.43. The Hall–Kier alpha value is -2.04. The van der Waals surface area contributed by atoms with Gasteiger partial charge in [-0.2, -0.15) is 0 Å². The third-order valence-electron chi connectivity index (χ3n) is 2.29. The Bertz CT molecular complexity index is 580. The molecule has 2 aromatic rings. The molecular formula is C10H10N2O3. The number of pyridine rings is 1. The number of carboxylic acid groups (broad SMARTS) is 1. The molecule has 2 heterocycles. The van der Waals surface area contributed by atoms with Crippen LogP contribution in [0, 0.1) is 6.92 Å². The number of nitrogens with one attached hydrogen (secondary N) is 1. The van der Waals surface area contributed by atoms with Crippen LogP contribution in [-0.4, -0.2) is 20.5 Å². The van der Waals surface area contributed by atoms with Crippen LogP contribution in [0.1, 0.15) is 11.4 Å². The van der Waals surface area contributed by atoms with Gasteiger partial charge in [0.15, 0.2) is 0 Å². The molecular weight excluding hydrogens is 196 g/mol. The van der Waals surface area contributed by atoms with Gasteiger partial charge in [0.2, 0.25) is 0 Å². The van der Waals surface area contributed by atoms with Crippen LogP contribution in [0.3, 0.4) is 0 Å². The van der Waals surface area contributed by atoms with E-state index in [0.29, 0.717) is 17.0 Å². The van der Waals surface area contributed by atoms with E-state index in [1.165, 1.54) is 10.5 Å². The molecule has 5 nitrogen and oxygen atoms in total. The molecule has 15 heavy (non-hydrogen) atoms. The molecule has 0 aromatic carbocycles. The van der Waals surface area contributed by atoms with Crippen LogP contribution < -0.4 is 5.56 Å². The van der Waals surface area contributed by atoms with Gasteiger partial charge in [0.1, 0.15) is 5.65 Å². The molecule has 2 N–H and O–H groups in total. The molecule has 0 atom stereocenters. The molecule has 5 heteroatoms. The predicted molar refractivity (Wildman–Crippen MR) is 54.1 cm³/mol. The topological polar surface area (TPSA) is 74.6 Å². The van der Waals surface area contributed by atoms with E-state index in [1.54, 1.807) is 19.1 Å². The highest BCUT2D eigenvalue weighted by Gasteiger charge is 2.12. The van der Waals surface area contributed by atoms with Crippen molar-refractivity contribution in [3.8, 4) is 0 Å². The van der Waals surface area contributed by atoms with Gasteiger partial charge in [-0.25, -0.2) is 0 Å². The number of hydrogen-bond acceptors (Lipinski definition) is 2. The lowest BCUT2D eigenvalue weighted by atomic mass is 10.2. The fourth-order valence-electron chi connectivity index (χ4n) is 1.65. The summed E-state index contributed by atoms with van der Waals surface area (Å²) in [5.41, 5.74) is 1.62. The summed E-state index contributed by atoms with van der Waals surface area (Å²) in [5, 5.41) is 8.73. The number of imidazole rings is 1. The Morgan fingerprint density at radius 1 is 1.53 bits per heavy atom. The number of nitrogens with zero attached hydrogens (tertiary/aromatic N) is 1. The van der Waals surface area contributed by atoms with Gasteiger partial charge in [0.25, 0.3) is 5.56 Å². The first-order valence-electron chi connectivity index (χ1n) is 4.50. The number of aryl methyl sites for hydroxylation is 1. The van der Waals surface area contributed by atoms with Gasteiger partial charge < -0.3 is 10.1 Å². The van der Waals surface area contributed by atoms with Crippen LogP contribution in [0.5, 0.6) is 0 Å². The highest BCUT2D eigenvalue weighted by molar-refractivity contribution is 5.70. The first-order chi connectivity index (χ1) is 7.09. The zero-order chi connectivity index (χ0) is 11.0. The third-order valence-corrected chi connectivity index (χ3v) is 2.29. The van der Waals surface area contributed by atoms with Crippen LogP contribution in [0.4, 0.5) is 0 Å². The van der Waals surface area contributed by atoms with Crippen LogP contribution >= 0.6 is 0 Å². The van der Waals surface area contributed by atoms with Crippen molar-refractivity contribution in [2.24, 2.45) is 0 Å². The lowest BCUT2D eigenvalue weighted by Gasteiger charge is -1.97. The van der Waals surface area contributed by atoms with Gasteiger partial charge in [-0.15, -0.1) is 0 Å². The van der Waals surface area contributed by atoms with Gasteiger partial charge in [-0.1, -0.05) is 6.07 Å². The SMILES string of the molecule is Cc1[nH]c2cccc(=O)n2c1CC(=O)O. The number of fused-ring (bicyclic) bond motifs is 1. The molecule has 0 spiro atoms. The molecule has 0 aliphatic rings. The number of carbonyl (C=O) groups is 1. The number of aliphatic carboxylic acids is 1. The minimum Gasteiger partial charge on any atom is -0.481 e. The monoisotopic (exact) mass is 206 g/mol. The molecule has 78 valence electrons. The molecule has 0 amide bonds. The van der Waals surface area contributed by atoms with Crippen molar-refractivity contribution in [3.05, 3.63) is 39.9 Å². The summed E-state index contributed by atoms with van der Waals surface area (Å²) >= 11 is 0. The Morgan fingerprint density at radius 2 is 2.27 bits per heavy atom. The maximum absolute atomic E-state index is 11.5. The van der Waals surface area contributed by atoms with Crippen molar-refractivity contribution in [2.45, 2.75) is 13.3 Å². The van der Waals surface area contributed by atoms with E-state index < -0.39 is 5.97 Å². The molecule has 2 aromatic heterocycles. The van der Waals surface area contributed by atoms with Crippen LogP contribution in [0.15, 0.2) is 23.0 Å². The van der Waals surface area contributed by atoms with Crippen molar-refractivity contribution in [3.63, 3.8) is 0 Å². The molecule has 0 aliphatic carbocycles. The largest absolute Gasteiger partial charge is 0.481 e. The minimum absolute atomic E-state index is 0.157. The molecule has 0 radical (unpaired) electrons. The lowest BCUT2D eigenvalue weighted by Crippen LogP contribution is -2.15. The van der Waals surface area contributed by atoms with Crippen LogP contribution in [-0.2, 0) is 11.2 Å². The molecule has 0 bridgehead atoms. The van der Waals surface area contributed by atoms with Gasteiger partial charge >= 0.3 is 5.97 Å². The van der Waals surface area contributed by atoms with Crippen molar-refractivity contribution >= 4 is 11.6 Å². The normalized spacial score (nSPS) is 10.7. The van der Waals surface area contributed by atoms with Crippen molar-refractivity contribution in [2.75, 3.05) is 0 Å². The summed E-state index contributed by atoms with van der Waals surface area (Å²) in [7, 11) is 0. The number of aromatic nitrogens is 2. The Labute approximate surface area is 85.0 Å². The van der Waals surface area contributed by atoms with Crippen molar-refractivity contribution in [1.82, 2.24) is 9.38 Å². The summed E-state index contributed by atoms with van der Waals surface area (Å²) in [6, 6.07) is 4.78. The van der Waals surface area contributed by atoms with E-state index in [2.05, 4.69) is 4.98 Å². The maximum atomic E-state index is 11.5. The van der Waals surface area contributed by atoms with E-state index in [-0.39, 0.29) is 12.0 Å². The predicted octanol–water partition coefficient (Wildman–Crippen LogP) is 0.563. The first kappa shape index (κ1) is 9.51. The summed E-state index contributed by atoms with van der Waals surface area (Å²) in [4.78, 5) is 25.2. The number of H-pyrrole nitrogens is 1. The molecule has 2 rings (SSSR count). The average molecular weight is 206 g/mol. The van der Waals surface area contributed by atoms with Gasteiger partial charge in [0.05, 0.1) is 12.1 Å². The highest BCUT2D eigenvalue weighted by atomic mass is 16.4. The highest BCUT2D eigenvalue weighted by Crippen LogP contribution is 2.09. The Kier molecular flexibility index (Phi) is 2.07. The number of carboxylic acids is 1. The van der Waals surface area contributed by atoms with E-state index in [4.69, 9.17) is 5.11 Å². The van der Waals surface area contributed by atoms with Crippen molar-refractivity contribution in [1.29, 1.82) is 0 Å². The molecule has 0 saturated carbocycles. The first-order valence-corrected chi connectivity index (χ1v) is 4.50. The van der Waals surface area contributed by atoms with Crippen LogP contribution in [0.25, 0.3) is 5.65 Å². The second-order valence-electron chi connectivity index (χ2n) is 3.35. The molecule has 0 saturated heterocycles. The second kappa shape index (κ2) is 3.27. The van der Waals surface area contributed by atoms with Gasteiger partial charge in [0, 0.05) is 11.8 Å². The Morgan fingerprint density at radius 3 is 2.93 bits per heavy atom. The summed E-state index contributed by atoms with van der Waals surface area (Å²) in [6.45, 7) is 1.75. The standard InChI is InChI=1S/C10H10N2O3/c1-6-7(5-10(14)15)12-8(11-6)3-2-4-9(12)13/h2-4,11H,5H2,1H3,(H,14,15). The van der Waals surface area contributed by atoms with E-state index in [0.717, 1.165) is 0 Å². The maximum Gasteiger partial charge on any atom is 0.309 e. The van der Waals surface area contributed by atoms with E-state index >= 15 is 0 Å². The number of rotatable bonds is 2. The smallest absolute Gasteiger partial charge is 0.309 e. The number of hydrogen-bond donors (Lipinski definition) is 2. The Balaban J connectivity index is 2.76. The molecule has 0 unspecified atom stereocenters.